The van der Waals surface area contributed by atoms with E-state index in [0.717, 1.165) is 11.1 Å². The van der Waals surface area contributed by atoms with Crippen LogP contribution in [0.3, 0.4) is 0 Å². The first-order chi connectivity index (χ1) is 21.4. The van der Waals surface area contributed by atoms with Crippen molar-refractivity contribution in [3.05, 3.63) is 35.1 Å². The number of esters is 1. The lowest BCUT2D eigenvalue weighted by Crippen LogP contribution is -2.74. The number of aliphatic carboxylic acids is 2. The molecule has 15 heteroatoms. The summed E-state index contributed by atoms with van der Waals surface area (Å²) in [4.78, 5) is 61.6. The molecule has 4 aliphatic rings. The van der Waals surface area contributed by atoms with Crippen LogP contribution in [0, 0.1) is 0 Å². The van der Waals surface area contributed by atoms with Gasteiger partial charge in [0.25, 0.3) is 0 Å². The molecule has 15 nitrogen and oxygen atoms in total. The molecule has 1 aromatic rings. The van der Waals surface area contributed by atoms with Crippen molar-refractivity contribution in [1.82, 2.24) is 15.5 Å². The molecule has 0 saturated carbocycles. The zero-order chi connectivity index (χ0) is 32.5. The number of piperidine rings is 1. The van der Waals surface area contributed by atoms with Crippen molar-refractivity contribution in [2.75, 3.05) is 33.9 Å². The molecule has 1 fully saturated rings. The monoisotopic (exact) mass is 631 g/mol. The van der Waals surface area contributed by atoms with Crippen molar-refractivity contribution in [3.63, 3.8) is 0 Å². The Balaban J connectivity index is 1.31. The molecular formula is C30H37N3O12. The van der Waals surface area contributed by atoms with Crippen molar-refractivity contribution >= 4 is 29.9 Å². The molecule has 2 heterocycles. The fourth-order valence-electron chi connectivity index (χ4n) is 7.12. The maximum absolute atomic E-state index is 13.5. The van der Waals surface area contributed by atoms with Crippen LogP contribution in [0.15, 0.2) is 24.0 Å². The molecule has 2 aliphatic heterocycles. The molecule has 1 aromatic carbocycles. The minimum absolute atomic E-state index is 0.102. The van der Waals surface area contributed by atoms with Crippen LogP contribution in [0.5, 0.6) is 11.5 Å². The van der Waals surface area contributed by atoms with Crippen LogP contribution in [-0.4, -0.2) is 108 Å². The van der Waals surface area contributed by atoms with Gasteiger partial charge in [0, 0.05) is 30.9 Å². The van der Waals surface area contributed by atoms with E-state index in [9.17, 15) is 34.2 Å². The van der Waals surface area contributed by atoms with Crippen molar-refractivity contribution in [1.29, 1.82) is 0 Å². The second kappa shape index (κ2) is 12.6. The maximum atomic E-state index is 13.5. The Kier molecular flexibility index (Phi) is 8.94. The van der Waals surface area contributed by atoms with E-state index in [2.05, 4.69) is 15.5 Å². The number of methoxy groups -OCH3 is 1. The van der Waals surface area contributed by atoms with Crippen molar-refractivity contribution in [3.8, 4) is 11.5 Å². The lowest BCUT2D eigenvalue weighted by Gasteiger charge is -2.61. The van der Waals surface area contributed by atoms with Gasteiger partial charge in [-0.2, -0.15) is 0 Å². The topological polar surface area (TPSA) is 210 Å². The van der Waals surface area contributed by atoms with Gasteiger partial charge >= 0.3 is 24.0 Å². The third kappa shape index (κ3) is 5.77. The molecule has 1 spiro atoms. The number of nitrogens with zero attached hydrogens (tertiary/aromatic N) is 1. The molecule has 5 rings (SSSR count). The number of likely N-dealkylation sites (tertiary alicyclic amines) is 1. The maximum Gasteiger partial charge on any atom is 0.407 e. The van der Waals surface area contributed by atoms with E-state index in [1.165, 1.54) is 7.11 Å². The van der Waals surface area contributed by atoms with E-state index in [0.29, 0.717) is 30.9 Å². The smallest absolute Gasteiger partial charge is 0.407 e. The van der Waals surface area contributed by atoms with Crippen LogP contribution in [0.1, 0.15) is 49.7 Å². The Morgan fingerprint density at radius 3 is 2.60 bits per heavy atom. The molecule has 0 radical (unpaired) electrons. The lowest BCUT2D eigenvalue weighted by atomic mass is 9.50. The van der Waals surface area contributed by atoms with Gasteiger partial charge in [0.2, 0.25) is 5.91 Å². The first-order valence-corrected chi connectivity index (χ1v) is 14.8. The summed E-state index contributed by atoms with van der Waals surface area (Å²) >= 11 is 0. The van der Waals surface area contributed by atoms with Crippen molar-refractivity contribution in [2.45, 2.75) is 74.1 Å². The molecule has 1 saturated heterocycles. The highest BCUT2D eigenvalue weighted by molar-refractivity contribution is 5.83. The van der Waals surface area contributed by atoms with Gasteiger partial charge in [0.15, 0.2) is 17.6 Å². The molecule has 2 unspecified atom stereocenters. The van der Waals surface area contributed by atoms with Gasteiger partial charge in [-0.1, -0.05) is 6.07 Å². The van der Waals surface area contributed by atoms with Crippen LogP contribution >= 0.6 is 0 Å². The second-order valence-electron chi connectivity index (χ2n) is 11.7. The highest BCUT2D eigenvalue weighted by atomic mass is 16.6. The number of carboxylic acid groups (broad SMARTS) is 2. The first-order valence-electron chi connectivity index (χ1n) is 14.8. The predicted octanol–water partition coefficient (Wildman–Crippen LogP) is 0.457. The Morgan fingerprint density at radius 1 is 1.13 bits per heavy atom. The number of hydrogen-bond acceptors (Lipinski definition) is 11. The number of carbonyl (C=O) groups excluding carboxylic acids is 3. The summed E-state index contributed by atoms with van der Waals surface area (Å²) < 4.78 is 22.9. The summed E-state index contributed by atoms with van der Waals surface area (Å²) in [5, 5.41) is 34.9. The van der Waals surface area contributed by atoms with Crippen LogP contribution in [-0.2, 0) is 40.5 Å². The normalized spacial score (nSPS) is 26.3. The SMILES string of the molecule is COc1ccc2c3c1OC1C(OC(=O)C(CCC(=O)O)NC(=O)OCCNC(=O)CCC(=O)O)=CC[C@@]4(O)[C@@H](C2)N(C)CC[C@]314. The number of alkyl carbamates (subject to hydrolysis) is 1. The van der Waals surface area contributed by atoms with Gasteiger partial charge in [-0.3, -0.25) is 14.4 Å². The second-order valence-corrected chi connectivity index (χ2v) is 11.7. The fourth-order valence-corrected chi connectivity index (χ4v) is 7.12. The lowest BCUT2D eigenvalue weighted by molar-refractivity contribution is -0.170. The van der Waals surface area contributed by atoms with Crippen molar-refractivity contribution in [2.24, 2.45) is 0 Å². The van der Waals surface area contributed by atoms with E-state index in [1.54, 1.807) is 6.08 Å². The molecule has 45 heavy (non-hydrogen) atoms. The Bertz CT molecular complexity index is 1430. The summed E-state index contributed by atoms with van der Waals surface area (Å²) in [5.41, 5.74) is -0.286. The molecule has 2 bridgehead atoms. The zero-order valence-electron chi connectivity index (χ0n) is 25.0. The molecule has 5 atom stereocenters. The minimum Gasteiger partial charge on any atom is -0.493 e. The number of aliphatic hydroxyl groups is 1. The molecular weight excluding hydrogens is 594 g/mol. The number of likely N-dealkylation sites (N-methyl/N-ethyl adjacent to an activating group) is 1. The molecule has 2 amide bonds. The van der Waals surface area contributed by atoms with Crippen LogP contribution in [0.2, 0.25) is 0 Å². The Morgan fingerprint density at radius 2 is 1.89 bits per heavy atom. The van der Waals surface area contributed by atoms with E-state index >= 15 is 0 Å². The third-order valence-electron chi connectivity index (χ3n) is 9.22. The fraction of sp³-hybridized carbons (Fsp3) is 0.567. The highest BCUT2D eigenvalue weighted by Crippen LogP contribution is 2.65. The minimum atomic E-state index is -1.40. The first kappa shape index (κ1) is 32.0. The largest absolute Gasteiger partial charge is 0.493 e. The standard InChI is InChI=1S/C30H37N3O12/c1-33-13-11-29-24-16-3-5-18(42-2)25(24)45-26(29)19(9-10-30(29,41)20(33)15-16)44-27(39)17(4-7-22(35)36)32-28(40)43-14-12-31-21(34)6-8-23(37)38/h3,5,9,17,20,26,41H,4,6-8,10-15H2,1-2H3,(H,31,34)(H,32,40)(H,35,36)(H,37,38)/t17?,20-,26?,29+,30-/m1/s1. The third-order valence-corrected chi connectivity index (χ3v) is 9.22. The van der Waals surface area contributed by atoms with E-state index < -0.39 is 59.5 Å². The zero-order valence-corrected chi connectivity index (χ0v) is 25.0. The molecule has 0 aromatic heterocycles. The average Bonchev–Trinajstić information content (AvgIpc) is 3.35. The molecule has 244 valence electrons. The number of carbonyl (C=O) groups is 5. The van der Waals surface area contributed by atoms with Crippen LogP contribution < -0.4 is 20.1 Å². The summed E-state index contributed by atoms with van der Waals surface area (Å²) in [5.74, 6) is -2.65. The summed E-state index contributed by atoms with van der Waals surface area (Å²) in [6.45, 7) is 0.277. The number of rotatable bonds is 13. The number of amides is 2. The van der Waals surface area contributed by atoms with Gasteiger partial charge in [-0.15, -0.1) is 0 Å². The number of benzene rings is 1. The summed E-state index contributed by atoms with van der Waals surface area (Å²) in [6.07, 6.45) is -0.336. The summed E-state index contributed by atoms with van der Waals surface area (Å²) in [7, 11) is 3.50. The van der Waals surface area contributed by atoms with E-state index in [1.807, 2.05) is 19.2 Å². The highest BCUT2D eigenvalue weighted by Gasteiger charge is 2.72. The van der Waals surface area contributed by atoms with E-state index in [-0.39, 0.29) is 50.6 Å². The van der Waals surface area contributed by atoms with Gasteiger partial charge in [0.05, 0.1) is 31.1 Å². The number of ether oxygens (including phenoxy) is 4. The molecule has 2 aliphatic carbocycles. The Labute approximate surface area is 258 Å². The number of nitrogens with one attached hydrogen (secondary N) is 2. The average molecular weight is 632 g/mol. The van der Waals surface area contributed by atoms with Gasteiger partial charge in [-0.25, -0.2) is 9.59 Å². The van der Waals surface area contributed by atoms with Gasteiger partial charge in [0.1, 0.15) is 18.4 Å². The number of hydrogen-bond donors (Lipinski definition) is 5. The quantitative estimate of drug-likeness (QED) is 0.148. The van der Waals surface area contributed by atoms with Gasteiger partial charge < -0.3 is 49.8 Å². The molecule has 5 N–H and O–H groups in total. The van der Waals surface area contributed by atoms with Crippen LogP contribution in [0.4, 0.5) is 4.79 Å². The van der Waals surface area contributed by atoms with Gasteiger partial charge in [-0.05, 0) is 50.6 Å². The summed E-state index contributed by atoms with van der Waals surface area (Å²) in [6, 6.07) is 2.18. The van der Waals surface area contributed by atoms with Crippen molar-refractivity contribution < 1.29 is 58.2 Å². The predicted molar refractivity (Wildman–Crippen MR) is 153 cm³/mol. The van der Waals surface area contributed by atoms with E-state index in [4.69, 9.17) is 24.1 Å². The number of carboxylic acids is 2. The Hall–Kier alpha value is -4.37. The van der Waals surface area contributed by atoms with Crippen LogP contribution in [0.25, 0.3) is 0 Å².